The highest BCUT2D eigenvalue weighted by molar-refractivity contribution is 6.12. The first-order valence-electron chi connectivity index (χ1n) is 10.2. The summed E-state index contributed by atoms with van der Waals surface area (Å²) in [5, 5.41) is 13.4. The predicted octanol–water partition coefficient (Wildman–Crippen LogP) is 3.90. The number of benzene rings is 1. The smallest absolute Gasteiger partial charge is 0.305 e. The number of aliphatic hydroxyl groups is 1. The first-order valence-corrected chi connectivity index (χ1v) is 10.2. The minimum atomic E-state index is -0.176. The van der Waals surface area contributed by atoms with Crippen molar-refractivity contribution >= 4 is 11.7 Å². The van der Waals surface area contributed by atoms with E-state index < -0.39 is 0 Å². The third-order valence-electron chi connectivity index (χ3n) is 4.34. The molecule has 1 aromatic heterocycles. The summed E-state index contributed by atoms with van der Waals surface area (Å²) in [4.78, 5) is 21.1. The van der Waals surface area contributed by atoms with Gasteiger partial charge in [0.05, 0.1) is 6.61 Å². The van der Waals surface area contributed by atoms with Gasteiger partial charge < -0.3 is 14.7 Å². The van der Waals surface area contributed by atoms with Crippen molar-refractivity contribution in [1.29, 1.82) is 0 Å². The molecule has 156 valence electrons. The molecule has 1 heterocycles. The number of unbranched alkanes of at least 4 members (excludes halogenated alkanes) is 2. The molecular formula is C23H30N2O4. The maximum atomic E-state index is 11.4. The van der Waals surface area contributed by atoms with Gasteiger partial charge in [-0.15, -0.1) is 0 Å². The number of ether oxygens (including phenoxy) is 1. The van der Waals surface area contributed by atoms with Gasteiger partial charge in [-0.3, -0.25) is 9.78 Å². The lowest BCUT2D eigenvalue weighted by Crippen LogP contribution is -2.07. The van der Waals surface area contributed by atoms with Crippen LogP contribution in [0.25, 0.3) is 0 Å². The van der Waals surface area contributed by atoms with Gasteiger partial charge in [-0.25, -0.2) is 0 Å². The van der Waals surface area contributed by atoms with Crippen molar-refractivity contribution in [2.45, 2.75) is 45.4 Å². The fraction of sp³-hybridized carbons (Fsp3) is 0.435. The zero-order valence-corrected chi connectivity index (χ0v) is 17.0. The molecule has 0 fully saturated rings. The molecule has 0 aliphatic rings. The Labute approximate surface area is 172 Å². The summed E-state index contributed by atoms with van der Waals surface area (Å²) in [7, 11) is 0. The number of esters is 1. The number of carbonyl (C=O) groups excluding carboxylic acids is 1. The number of nitrogens with zero attached hydrogens (tertiary/aromatic N) is 2. The Morgan fingerprint density at radius 3 is 2.72 bits per heavy atom. The Morgan fingerprint density at radius 2 is 1.97 bits per heavy atom. The third-order valence-corrected chi connectivity index (χ3v) is 4.34. The molecule has 6 heteroatoms. The minimum absolute atomic E-state index is 0.176. The van der Waals surface area contributed by atoms with Crippen LogP contribution in [-0.2, 0) is 20.8 Å². The first kappa shape index (κ1) is 22.6. The molecule has 6 nitrogen and oxygen atoms in total. The van der Waals surface area contributed by atoms with Gasteiger partial charge in [-0.1, -0.05) is 23.4 Å². The average Bonchev–Trinajstić information content (AvgIpc) is 2.74. The number of rotatable bonds is 13. The van der Waals surface area contributed by atoms with Crippen molar-refractivity contribution in [2.24, 2.45) is 5.16 Å². The molecule has 1 aromatic carbocycles. The maximum absolute atomic E-state index is 11.4. The molecule has 0 bridgehead atoms. The van der Waals surface area contributed by atoms with Gasteiger partial charge in [0.25, 0.3) is 0 Å². The van der Waals surface area contributed by atoms with Crippen LogP contribution < -0.4 is 0 Å². The molecule has 1 N–H and O–H groups in total. The molecule has 2 aromatic rings. The summed E-state index contributed by atoms with van der Waals surface area (Å²) in [5.41, 5.74) is 3.77. The molecule has 0 saturated carbocycles. The monoisotopic (exact) mass is 398 g/mol. The van der Waals surface area contributed by atoms with E-state index in [1.165, 1.54) is 5.56 Å². The van der Waals surface area contributed by atoms with Crippen LogP contribution in [0.1, 0.15) is 55.7 Å². The molecule has 29 heavy (non-hydrogen) atoms. The number of hydrogen-bond donors (Lipinski definition) is 1. The quantitative estimate of drug-likeness (QED) is 0.240. The van der Waals surface area contributed by atoms with E-state index in [9.17, 15) is 4.79 Å². The van der Waals surface area contributed by atoms with Crippen molar-refractivity contribution in [3.8, 4) is 0 Å². The molecule has 0 unspecified atom stereocenters. The van der Waals surface area contributed by atoms with E-state index in [2.05, 4.69) is 22.3 Å². The molecule has 0 spiro atoms. The Balaban J connectivity index is 2.02. The molecule has 0 aliphatic heterocycles. The van der Waals surface area contributed by atoms with Gasteiger partial charge in [-0.05, 0) is 62.8 Å². The fourth-order valence-corrected chi connectivity index (χ4v) is 2.87. The normalized spacial score (nSPS) is 11.3. The van der Waals surface area contributed by atoms with E-state index >= 15 is 0 Å². The van der Waals surface area contributed by atoms with Gasteiger partial charge in [0.2, 0.25) is 0 Å². The largest absolute Gasteiger partial charge is 0.466 e. The van der Waals surface area contributed by atoms with Gasteiger partial charge in [-0.2, -0.15) is 0 Å². The van der Waals surface area contributed by atoms with E-state index in [1.54, 1.807) is 19.3 Å². The molecule has 0 saturated heterocycles. The van der Waals surface area contributed by atoms with Crippen LogP contribution >= 0.6 is 0 Å². The second-order valence-corrected chi connectivity index (χ2v) is 6.66. The number of carbonyl (C=O) groups is 1. The molecule has 0 aliphatic carbocycles. The Hall–Kier alpha value is -2.73. The van der Waals surface area contributed by atoms with Crippen molar-refractivity contribution in [1.82, 2.24) is 4.98 Å². The van der Waals surface area contributed by atoms with Gasteiger partial charge >= 0.3 is 5.97 Å². The molecule has 0 amide bonds. The van der Waals surface area contributed by atoms with Crippen molar-refractivity contribution in [3.05, 3.63) is 65.5 Å². The second-order valence-electron chi connectivity index (χ2n) is 6.66. The SMILES string of the molecule is CCOC(=O)CCCCO/N=C(\c1cccnc1)c1cccc(CCCCO)c1. The molecule has 0 radical (unpaired) electrons. The number of aromatic nitrogens is 1. The molecular weight excluding hydrogens is 368 g/mol. The molecule has 0 atom stereocenters. The van der Waals surface area contributed by atoms with E-state index in [1.807, 2.05) is 24.3 Å². The number of aryl methyl sites for hydroxylation is 1. The van der Waals surface area contributed by atoms with Crippen LogP contribution in [0.4, 0.5) is 0 Å². The summed E-state index contributed by atoms with van der Waals surface area (Å²) in [6, 6.07) is 12.0. The highest BCUT2D eigenvalue weighted by Crippen LogP contribution is 2.15. The zero-order valence-electron chi connectivity index (χ0n) is 17.0. The van der Waals surface area contributed by atoms with E-state index in [-0.39, 0.29) is 12.6 Å². The van der Waals surface area contributed by atoms with Crippen LogP contribution in [0.15, 0.2) is 53.9 Å². The van der Waals surface area contributed by atoms with Gasteiger partial charge in [0.15, 0.2) is 0 Å². The Morgan fingerprint density at radius 1 is 1.10 bits per heavy atom. The van der Waals surface area contributed by atoms with Crippen molar-refractivity contribution in [3.63, 3.8) is 0 Å². The van der Waals surface area contributed by atoms with Crippen molar-refractivity contribution < 1.29 is 19.5 Å². The standard InChI is InChI=1S/C23H30N2O4/c1-2-28-22(27)13-4-6-16-29-25-23(21-12-8-14-24-18-21)20-11-7-10-19(17-20)9-3-5-15-26/h7-8,10-12,14,17-18,26H,2-6,9,13,15-16H2,1H3/b25-23-. The van der Waals surface area contributed by atoms with Crippen LogP contribution in [0.5, 0.6) is 0 Å². The number of aliphatic hydroxyl groups excluding tert-OH is 1. The van der Waals surface area contributed by atoms with Crippen molar-refractivity contribution in [2.75, 3.05) is 19.8 Å². The number of hydrogen-bond acceptors (Lipinski definition) is 6. The minimum Gasteiger partial charge on any atom is -0.466 e. The highest BCUT2D eigenvalue weighted by Gasteiger charge is 2.09. The van der Waals surface area contributed by atoms with Crippen LogP contribution in [-0.4, -0.2) is 41.6 Å². The zero-order chi connectivity index (χ0) is 20.7. The maximum Gasteiger partial charge on any atom is 0.305 e. The van der Waals surface area contributed by atoms with Gasteiger partial charge in [0.1, 0.15) is 12.3 Å². The van der Waals surface area contributed by atoms with Gasteiger partial charge in [0, 0.05) is 36.5 Å². The number of pyridine rings is 1. The average molecular weight is 399 g/mol. The lowest BCUT2D eigenvalue weighted by Gasteiger charge is -2.09. The van der Waals surface area contributed by atoms with Crippen LogP contribution in [0.3, 0.4) is 0 Å². The lowest BCUT2D eigenvalue weighted by molar-refractivity contribution is -0.143. The van der Waals surface area contributed by atoms with Crippen LogP contribution in [0.2, 0.25) is 0 Å². The molecule has 2 rings (SSSR count). The summed E-state index contributed by atoms with van der Waals surface area (Å²) in [5.74, 6) is -0.176. The third kappa shape index (κ3) is 8.44. The predicted molar refractivity (Wildman–Crippen MR) is 113 cm³/mol. The summed E-state index contributed by atoms with van der Waals surface area (Å²) in [6.45, 7) is 2.86. The topological polar surface area (TPSA) is 81.0 Å². The van der Waals surface area contributed by atoms with E-state index in [0.717, 1.165) is 42.5 Å². The summed E-state index contributed by atoms with van der Waals surface area (Å²) < 4.78 is 4.92. The summed E-state index contributed by atoms with van der Waals surface area (Å²) in [6.07, 6.45) is 7.96. The highest BCUT2D eigenvalue weighted by atomic mass is 16.6. The summed E-state index contributed by atoms with van der Waals surface area (Å²) >= 11 is 0. The number of oxime groups is 1. The van der Waals surface area contributed by atoms with Crippen LogP contribution in [0, 0.1) is 0 Å². The van der Waals surface area contributed by atoms with E-state index in [0.29, 0.717) is 26.1 Å². The first-order chi connectivity index (χ1) is 14.2. The van der Waals surface area contributed by atoms with E-state index in [4.69, 9.17) is 14.7 Å². The fourth-order valence-electron chi connectivity index (χ4n) is 2.87. The Kier molecular flexibility index (Phi) is 10.5. The lowest BCUT2D eigenvalue weighted by atomic mass is 9.99. The Bertz CT molecular complexity index is 762. The second kappa shape index (κ2) is 13.4.